The smallest absolute Gasteiger partial charge is 0.251 e. The Labute approximate surface area is 248 Å². The normalized spacial score (nSPS) is 12.4. The van der Waals surface area contributed by atoms with Gasteiger partial charge in [-0.25, -0.2) is 9.44 Å². The van der Waals surface area contributed by atoms with Crippen molar-refractivity contribution in [2.45, 2.75) is 12.1 Å². The summed E-state index contributed by atoms with van der Waals surface area (Å²) in [7, 11) is 5.64. The molecule has 2 aromatic heterocycles. The summed E-state index contributed by atoms with van der Waals surface area (Å²) in [4.78, 5) is 55.2. The number of amides is 2. The molecule has 0 saturated carbocycles. The van der Waals surface area contributed by atoms with Crippen molar-refractivity contribution < 1.29 is 19.2 Å². The summed E-state index contributed by atoms with van der Waals surface area (Å²) in [5.41, 5.74) is 1.80. The number of hydrogen-bond donors (Lipinski definition) is 6. The molecule has 0 aliphatic carbocycles. The molecule has 4 N–H and O–H groups in total. The number of rotatable bonds is 19. The number of nitrogens with one attached hydrogen (secondary N) is 4. The monoisotopic (exact) mass is 632 g/mol. The second-order valence-corrected chi connectivity index (χ2v) is 12.5. The van der Waals surface area contributed by atoms with Crippen molar-refractivity contribution in [3.8, 4) is 11.4 Å². The molecule has 2 amide bonds. The average molecular weight is 633 g/mol. The Morgan fingerprint density at radius 1 is 0.789 bits per heavy atom. The lowest BCUT2D eigenvalue weighted by Crippen LogP contribution is -2.27. The van der Waals surface area contributed by atoms with E-state index in [0.717, 1.165) is 12.6 Å². The molecule has 2 atom stereocenters. The first-order valence-corrected chi connectivity index (χ1v) is 17.1. The molecule has 16 heteroatoms. The van der Waals surface area contributed by atoms with Gasteiger partial charge in [0.25, 0.3) is 11.8 Å². The number of nitrogens with zero attached hydrogens (tertiary/aromatic N) is 2. The van der Waals surface area contributed by atoms with Crippen molar-refractivity contribution in [3.05, 3.63) is 47.8 Å². The van der Waals surface area contributed by atoms with E-state index < -0.39 is 0 Å². The minimum atomic E-state index is -0.314. The van der Waals surface area contributed by atoms with E-state index in [2.05, 4.69) is 55.3 Å². The second-order valence-electron chi connectivity index (χ2n) is 7.27. The zero-order chi connectivity index (χ0) is 27.6. The molecule has 0 aliphatic rings. The van der Waals surface area contributed by atoms with Gasteiger partial charge in [0.15, 0.2) is 0 Å². The molecule has 2 heterocycles. The molecule has 0 unspecified atom stereocenters. The van der Waals surface area contributed by atoms with Gasteiger partial charge in [-0.15, -0.1) is 0 Å². The van der Waals surface area contributed by atoms with Crippen molar-refractivity contribution in [2.24, 2.45) is 0 Å². The Balaban J connectivity index is 1.82. The van der Waals surface area contributed by atoms with Crippen LogP contribution in [0.5, 0.6) is 0 Å². The van der Waals surface area contributed by atoms with Crippen LogP contribution in [0.3, 0.4) is 0 Å². The maximum atomic E-state index is 12.6. The molecular weight excluding hydrogens is 605 g/mol. The van der Waals surface area contributed by atoms with Gasteiger partial charge in [-0.05, 0) is 46.2 Å². The summed E-state index contributed by atoms with van der Waals surface area (Å²) in [5, 5.41) is 5.69. The number of aromatic nitrogens is 2. The number of hydrogen-bond acceptors (Lipinski definition) is 14. The summed E-state index contributed by atoms with van der Waals surface area (Å²) in [6.07, 6.45) is 4.65. The maximum absolute atomic E-state index is 12.6. The van der Waals surface area contributed by atoms with E-state index in [4.69, 9.17) is 0 Å². The highest BCUT2D eigenvalue weighted by Crippen LogP contribution is 2.19. The van der Waals surface area contributed by atoms with Crippen LogP contribution < -0.4 is 20.1 Å². The fraction of sp³-hybridized carbons (Fsp3) is 0.364. The SMILES string of the molecule is O=C[C@H](CS)NSSCCNC(=O)c1ccnc(-c2cc(C(=O)NCCSSN[C@H](C=O)CS)ccn2)c1. The molecule has 0 aliphatic heterocycles. The average Bonchev–Trinajstić information content (AvgIpc) is 2.96. The largest absolute Gasteiger partial charge is 0.351 e. The third kappa shape index (κ3) is 12.2. The Hall–Kier alpha value is -1.40. The predicted octanol–water partition coefficient (Wildman–Crippen LogP) is 2.37. The third-order valence-electron chi connectivity index (χ3n) is 4.49. The van der Waals surface area contributed by atoms with E-state index in [-0.39, 0.29) is 23.9 Å². The number of carbonyl (C=O) groups is 4. The van der Waals surface area contributed by atoms with Gasteiger partial charge in [-0.2, -0.15) is 25.3 Å². The first-order chi connectivity index (χ1) is 18.5. The molecule has 38 heavy (non-hydrogen) atoms. The van der Waals surface area contributed by atoms with Gasteiger partial charge in [0.1, 0.15) is 12.6 Å². The molecule has 10 nitrogen and oxygen atoms in total. The molecule has 0 radical (unpaired) electrons. The quantitative estimate of drug-likeness (QED) is 0.0445. The first-order valence-electron chi connectivity index (χ1n) is 11.2. The Morgan fingerprint density at radius 2 is 1.21 bits per heavy atom. The Kier molecular flexibility index (Phi) is 16.9. The highest BCUT2D eigenvalue weighted by atomic mass is 33.1. The highest BCUT2D eigenvalue weighted by molar-refractivity contribution is 8.76. The van der Waals surface area contributed by atoms with Crippen molar-refractivity contribution in [1.82, 2.24) is 30.0 Å². The van der Waals surface area contributed by atoms with Gasteiger partial charge in [0.05, 0.1) is 23.5 Å². The molecule has 0 saturated heterocycles. The van der Waals surface area contributed by atoms with Crippen LogP contribution in [-0.2, 0) is 9.59 Å². The van der Waals surface area contributed by atoms with Gasteiger partial charge in [0.2, 0.25) is 0 Å². The van der Waals surface area contributed by atoms with Crippen LogP contribution in [0.1, 0.15) is 20.7 Å². The minimum absolute atomic E-state index is 0.249. The molecular formula is C22H28N6O4S6. The summed E-state index contributed by atoms with van der Waals surface area (Å²) >= 11 is 8.15. The van der Waals surface area contributed by atoms with Crippen LogP contribution in [-0.4, -0.2) is 82.5 Å². The van der Waals surface area contributed by atoms with Crippen molar-refractivity contribution in [2.75, 3.05) is 36.1 Å². The van der Waals surface area contributed by atoms with Crippen LogP contribution in [0.4, 0.5) is 0 Å². The Bertz CT molecular complexity index is 971. The second kappa shape index (κ2) is 19.6. The zero-order valence-corrected chi connectivity index (χ0v) is 25.1. The molecule has 0 spiro atoms. The van der Waals surface area contributed by atoms with Gasteiger partial charge in [-0.1, -0.05) is 21.6 Å². The molecule has 0 aromatic carbocycles. The van der Waals surface area contributed by atoms with Crippen LogP contribution in [0.25, 0.3) is 11.4 Å². The van der Waals surface area contributed by atoms with Gasteiger partial charge in [0, 0.05) is 59.6 Å². The highest BCUT2D eigenvalue weighted by Gasteiger charge is 2.12. The minimum Gasteiger partial charge on any atom is -0.351 e. The van der Waals surface area contributed by atoms with E-state index in [1.165, 1.54) is 55.9 Å². The third-order valence-corrected chi connectivity index (χ3v) is 9.33. The number of pyridine rings is 2. The fourth-order valence-electron chi connectivity index (χ4n) is 2.53. The topological polar surface area (TPSA) is 142 Å². The standard InChI is InChI=1S/C22H28N6O4S6/c29-11-17(13-33)27-37-35-7-5-25-21(31)15-1-3-23-19(9-15)20-10-16(2-4-24-20)22(32)26-6-8-36-38-28-18(12-30)14-34/h1-4,9-12,17-18,27-28,33-34H,5-8,13-14H2,(H,25,31)(H,26,32)/t17-,18-/m1/s1. The summed E-state index contributed by atoms with van der Waals surface area (Å²) in [5.74, 6) is 1.61. The van der Waals surface area contributed by atoms with Gasteiger partial charge < -0.3 is 20.2 Å². The predicted molar refractivity (Wildman–Crippen MR) is 166 cm³/mol. The van der Waals surface area contributed by atoms with Crippen molar-refractivity contribution in [1.29, 1.82) is 0 Å². The van der Waals surface area contributed by atoms with Crippen LogP contribution >= 0.6 is 68.8 Å². The molecule has 206 valence electrons. The summed E-state index contributed by atoms with van der Waals surface area (Å²) in [6.45, 7) is 0.881. The lowest BCUT2D eigenvalue weighted by Gasteiger charge is -2.09. The van der Waals surface area contributed by atoms with Crippen LogP contribution in [0, 0.1) is 0 Å². The lowest BCUT2D eigenvalue weighted by molar-refractivity contribution is -0.109. The molecule has 2 aromatic rings. The zero-order valence-electron chi connectivity index (χ0n) is 20.1. The van der Waals surface area contributed by atoms with E-state index in [1.807, 2.05) is 0 Å². The van der Waals surface area contributed by atoms with E-state index in [0.29, 0.717) is 58.6 Å². The van der Waals surface area contributed by atoms with Crippen molar-refractivity contribution in [3.63, 3.8) is 0 Å². The summed E-state index contributed by atoms with van der Waals surface area (Å²) in [6, 6.07) is 5.85. The van der Waals surface area contributed by atoms with Gasteiger partial charge in [-0.3, -0.25) is 19.6 Å². The van der Waals surface area contributed by atoms with E-state index >= 15 is 0 Å². The maximum Gasteiger partial charge on any atom is 0.251 e. The van der Waals surface area contributed by atoms with Gasteiger partial charge >= 0.3 is 0 Å². The van der Waals surface area contributed by atoms with Crippen molar-refractivity contribution >= 4 is 93.2 Å². The molecule has 0 bridgehead atoms. The Morgan fingerprint density at radius 3 is 1.58 bits per heavy atom. The van der Waals surface area contributed by atoms with Crippen LogP contribution in [0.15, 0.2) is 36.7 Å². The van der Waals surface area contributed by atoms with E-state index in [1.54, 1.807) is 24.3 Å². The number of aldehydes is 2. The summed E-state index contributed by atoms with van der Waals surface area (Å²) < 4.78 is 5.93. The lowest BCUT2D eigenvalue weighted by atomic mass is 10.1. The molecule has 2 rings (SSSR count). The number of thiol groups is 2. The molecule has 0 fully saturated rings. The fourth-order valence-corrected chi connectivity index (χ4v) is 6.48. The van der Waals surface area contributed by atoms with E-state index in [9.17, 15) is 19.2 Å². The number of carbonyl (C=O) groups excluding carboxylic acids is 4. The first kappa shape index (κ1) is 32.8. The van der Waals surface area contributed by atoms with Crippen LogP contribution in [0.2, 0.25) is 0 Å².